The lowest BCUT2D eigenvalue weighted by atomic mass is 10.6. The first kappa shape index (κ1) is 8.06. The molecular formula is C4H6NO4. The molecule has 2 N–H and O–H groups in total. The van der Waals surface area contributed by atoms with E-state index in [4.69, 9.17) is 10.2 Å². The van der Waals surface area contributed by atoms with Crippen LogP contribution in [0.3, 0.4) is 0 Å². The predicted octanol–water partition coefficient (Wildman–Crippen LogP) is -2.37. The van der Waals surface area contributed by atoms with Gasteiger partial charge in [-0.2, -0.15) is 5.32 Å². The van der Waals surface area contributed by atoms with Crippen molar-refractivity contribution < 1.29 is 19.8 Å². The van der Waals surface area contributed by atoms with Crippen LogP contribution in [0.1, 0.15) is 0 Å². The summed E-state index contributed by atoms with van der Waals surface area (Å²) in [6.45, 7) is -1.60. The Morgan fingerprint density at radius 2 is 1.44 bits per heavy atom. The molecule has 5 nitrogen and oxygen atoms in total. The zero-order valence-electron chi connectivity index (χ0n) is 4.57. The topological polar surface area (TPSA) is 88.7 Å². The molecule has 0 aliphatic carbocycles. The fraction of sp³-hybridized carbons (Fsp3) is 0.500. The fourth-order valence-electron chi connectivity index (χ4n) is 0.210. The molecule has 0 atom stereocenters. The first-order valence-corrected chi connectivity index (χ1v) is 2.20. The lowest BCUT2D eigenvalue weighted by molar-refractivity contribution is -0.134. The molecule has 9 heavy (non-hydrogen) atoms. The van der Waals surface area contributed by atoms with Crippen molar-refractivity contribution in [3.8, 4) is 0 Å². The van der Waals surface area contributed by atoms with E-state index in [0.29, 0.717) is 0 Å². The molecule has 51 valence electrons. The fourth-order valence-corrected chi connectivity index (χ4v) is 0.210. The SMILES string of the molecule is O=C(CO)[N]C(=O)CO. The standard InChI is InChI=1S/C4H6NO4/c6-1-3(8)5-4(9)2-7/h6-7H,1-2H2. The highest BCUT2D eigenvalue weighted by Gasteiger charge is 2.05. The summed E-state index contributed by atoms with van der Waals surface area (Å²) >= 11 is 0. The molecule has 0 aliphatic rings. The number of aliphatic hydroxyl groups excluding tert-OH is 2. The Labute approximate surface area is 51.3 Å². The number of nitrogens with zero attached hydrogens (tertiary/aromatic N) is 1. The summed E-state index contributed by atoms with van der Waals surface area (Å²) in [5, 5.41) is 18.7. The molecule has 0 fully saturated rings. The first-order valence-electron chi connectivity index (χ1n) is 2.20. The molecule has 5 heteroatoms. The largest absolute Gasteiger partial charge is 0.386 e. The summed E-state index contributed by atoms with van der Waals surface area (Å²) in [4.78, 5) is 20.1. The highest BCUT2D eigenvalue weighted by atomic mass is 16.3. The van der Waals surface area contributed by atoms with Gasteiger partial charge >= 0.3 is 0 Å². The van der Waals surface area contributed by atoms with Crippen LogP contribution < -0.4 is 5.32 Å². The zero-order valence-corrected chi connectivity index (χ0v) is 4.57. The number of carbonyl (C=O) groups excluding carboxylic acids is 2. The van der Waals surface area contributed by atoms with Crippen LogP contribution in [0.2, 0.25) is 0 Å². The molecule has 0 aliphatic heterocycles. The minimum absolute atomic E-state index is 0.800. The third-order valence-corrected chi connectivity index (χ3v) is 0.520. The molecule has 0 aromatic heterocycles. The third-order valence-electron chi connectivity index (χ3n) is 0.520. The van der Waals surface area contributed by atoms with Gasteiger partial charge < -0.3 is 10.2 Å². The maximum Gasteiger partial charge on any atom is 0.274 e. The summed E-state index contributed by atoms with van der Waals surface area (Å²) in [7, 11) is 0. The van der Waals surface area contributed by atoms with Gasteiger partial charge in [0.1, 0.15) is 13.2 Å². The lowest BCUT2D eigenvalue weighted by Gasteiger charge is -1.91. The second-order valence-electron chi connectivity index (χ2n) is 1.22. The van der Waals surface area contributed by atoms with Gasteiger partial charge in [-0.1, -0.05) is 0 Å². The average Bonchev–Trinajstić information content (AvgIpc) is 1.87. The normalized spacial score (nSPS) is 8.67. The Morgan fingerprint density at radius 1 is 1.11 bits per heavy atom. The van der Waals surface area contributed by atoms with Gasteiger partial charge in [-0.05, 0) is 0 Å². The number of imide groups is 1. The van der Waals surface area contributed by atoms with Crippen molar-refractivity contribution in [2.24, 2.45) is 0 Å². The van der Waals surface area contributed by atoms with E-state index in [1.165, 1.54) is 0 Å². The van der Waals surface area contributed by atoms with Crippen molar-refractivity contribution in [3.05, 3.63) is 0 Å². The van der Waals surface area contributed by atoms with Gasteiger partial charge in [0.2, 0.25) is 0 Å². The van der Waals surface area contributed by atoms with Crippen LogP contribution in [-0.4, -0.2) is 35.2 Å². The molecule has 0 aromatic carbocycles. The second-order valence-corrected chi connectivity index (χ2v) is 1.22. The minimum atomic E-state index is -0.936. The van der Waals surface area contributed by atoms with Crippen LogP contribution in [0.15, 0.2) is 0 Å². The van der Waals surface area contributed by atoms with Gasteiger partial charge in [0.15, 0.2) is 0 Å². The van der Waals surface area contributed by atoms with Crippen molar-refractivity contribution >= 4 is 11.8 Å². The minimum Gasteiger partial charge on any atom is -0.386 e. The Morgan fingerprint density at radius 3 is 1.67 bits per heavy atom. The number of hydrogen-bond acceptors (Lipinski definition) is 4. The van der Waals surface area contributed by atoms with Gasteiger partial charge in [-0.25, -0.2) is 0 Å². The highest BCUT2D eigenvalue weighted by molar-refractivity contribution is 5.95. The summed E-state index contributed by atoms with van der Waals surface area (Å²) in [5.41, 5.74) is 0. The number of rotatable bonds is 2. The zero-order chi connectivity index (χ0) is 7.28. The maximum atomic E-state index is 10.0. The molecule has 0 unspecified atom stereocenters. The number of amides is 2. The molecule has 0 saturated heterocycles. The van der Waals surface area contributed by atoms with Crippen molar-refractivity contribution in [1.82, 2.24) is 5.32 Å². The van der Waals surface area contributed by atoms with Gasteiger partial charge in [-0.15, -0.1) is 0 Å². The lowest BCUT2D eigenvalue weighted by Crippen LogP contribution is -2.27. The van der Waals surface area contributed by atoms with Crippen molar-refractivity contribution in [1.29, 1.82) is 0 Å². The Hall–Kier alpha value is -0.940. The van der Waals surface area contributed by atoms with Crippen molar-refractivity contribution in [3.63, 3.8) is 0 Å². The van der Waals surface area contributed by atoms with Crippen LogP contribution in [0.4, 0.5) is 0 Å². The van der Waals surface area contributed by atoms with E-state index in [0.717, 1.165) is 0 Å². The Bertz CT molecular complexity index is 108. The monoisotopic (exact) mass is 132 g/mol. The molecular weight excluding hydrogens is 126 g/mol. The van der Waals surface area contributed by atoms with Crippen LogP contribution in [-0.2, 0) is 9.59 Å². The van der Waals surface area contributed by atoms with E-state index in [1.807, 2.05) is 0 Å². The quantitative estimate of drug-likeness (QED) is 0.439. The molecule has 0 aromatic rings. The number of hydrogen-bond donors (Lipinski definition) is 2. The van der Waals surface area contributed by atoms with Crippen molar-refractivity contribution in [2.45, 2.75) is 0 Å². The Kier molecular flexibility index (Phi) is 3.57. The molecule has 0 saturated carbocycles. The van der Waals surface area contributed by atoms with Gasteiger partial charge in [0, 0.05) is 0 Å². The van der Waals surface area contributed by atoms with E-state index < -0.39 is 25.0 Å². The van der Waals surface area contributed by atoms with Gasteiger partial charge in [0.25, 0.3) is 11.8 Å². The van der Waals surface area contributed by atoms with E-state index in [9.17, 15) is 9.59 Å². The first-order chi connectivity index (χ1) is 4.20. The molecule has 0 bridgehead atoms. The Balaban J connectivity index is 3.47. The smallest absolute Gasteiger partial charge is 0.274 e. The van der Waals surface area contributed by atoms with Crippen LogP contribution in [0.25, 0.3) is 0 Å². The van der Waals surface area contributed by atoms with Crippen molar-refractivity contribution in [2.75, 3.05) is 13.2 Å². The summed E-state index contributed by atoms with van der Waals surface area (Å²) < 4.78 is 0. The molecule has 0 heterocycles. The van der Waals surface area contributed by atoms with E-state index >= 15 is 0 Å². The summed E-state index contributed by atoms with van der Waals surface area (Å²) in [6, 6.07) is 0. The molecule has 2 amide bonds. The molecule has 0 spiro atoms. The van der Waals surface area contributed by atoms with Gasteiger partial charge in [-0.3, -0.25) is 9.59 Å². The molecule has 1 radical (unpaired) electrons. The van der Waals surface area contributed by atoms with Crippen LogP contribution in [0, 0.1) is 0 Å². The predicted molar refractivity (Wildman–Crippen MR) is 26.3 cm³/mol. The second kappa shape index (κ2) is 3.99. The van der Waals surface area contributed by atoms with Gasteiger partial charge in [0.05, 0.1) is 0 Å². The van der Waals surface area contributed by atoms with E-state index in [2.05, 4.69) is 5.32 Å². The van der Waals surface area contributed by atoms with Crippen LogP contribution in [0.5, 0.6) is 0 Å². The van der Waals surface area contributed by atoms with Crippen LogP contribution >= 0.6 is 0 Å². The average molecular weight is 132 g/mol. The molecule has 0 rings (SSSR count). The van der Waals surface area contributed by atoms with E-state index in [-0.39, 0.29) is 0 Å². The highest BCUT2D eigenvalue weighted by Crippen LogP contribution is 1.67. The number of carbonyl (C=O) groups is 2. The third kappa shape index (κ3) is 3.63. The van der Waals surface area contributed by atoms with E-state index in [1.54, 1.807) is 0 Å². The summed E-state index contributed by atoms with van der Waals surface area (Å²) in [6.07, 6.45) is 0. The number of aliphatic hydroxyl groups is 2. The maximum absolute atomic E-state index is 10.0. The summed E-state index contributed by atoms with van der Waals surface area (Å²) in [5.74, 6) is -1.87.